The number of pyridine rings is 1. The Bertz CT molecular complexity index is 501. The summed E-state index contributed by atoms with van der Waals surface area (Å²) in [5.41, 5.74) is -0.691. The number of hydrogen-bond donors (Lipinski definition) is 1. The number of primary sulfonamides is 1. The molecule has 9 heteroatoms. The van der Waals surface area contributed by atoms with Gasteiger partial charge in [-0.2, -0.15) is 0 Å². The number of nitro groups is 1. The first-order valence-corrected chi connectivity index (χ1v) is 5.69. The van der Waals surface area contributed by atoms with Gasteiger partial charge in [-0.15, -0.1) is 0 Å². The Balaban J connectivity index is 3.25. The largest absolute Gasteiger partial charge is 0.291 e. The van der Waals surface area contributed by atoms with Crippen LogP contribution in [-0.4, -0.2) is 18.3 Å². The van der Waals surface area contributed by atoms with E-state index >= 15 is 0 Å². The van der Waals surface area contributed by atoms with Crippen molar-refractivity contribution in [3.8, 4) is 0 Å². The maximum Gasteiger partial charge on any atom is 0.291 e. The molecule has 1 aromatic rings. The Morgan fingerprint density at radius 1 is 1.53 bits per heavy atom. The number of halogens is 1. The Labute approximate surface area is 90.1 Å². The first-order valence-electron chi connectivity index (χ1n) is 3.60. The SMILES string of the molecule is NS(=O)(=O)Cc1nc(Cl)ccc1[N+](=O)[O-]. The lowest BCUT2D eigenvalue weighted by Gasteiger charge is -2.00. The van der Waals surface area contributed by atoms with Crippen molar-refractivity contribution in [2.45, 2.75) is 5.75 Å². The molecule has 0 unspecified atom stereocenters. The van der Waals surface area contributed by atoms with Crippen LogP contribution in [0.3, 0.4) is 0 Å². The van der Waals surface area contributed by atoms with Crippen molar-refractivity contribution in [3.05, 3.63) is 33.1 Å². The maximum absolute atomic E-state index is 10.8. The summed E-state index contributed by atoms with van der Waals surface area (Å²) in [7, 11) is -3.88. The van der Waals surface area contributed by atoms with Crippen molar-refractivity contribution in [3.63, 3.8) is 0 Å². The summed E-state index contributed by atoms with van der Waals surface area (Å²) in [6.45, 7) is 0. The minimum atomic E-state index is -3.88. The Hall–Kier alpha value is -1.25. The van der Waals surface area contributed by atoms with Crippen LogP contribution in [0.2, 0.25) is 5.15 Å². The molecule has 0 aliphatic rings. The van der Waals surface area contributed by atoms with Gasteiger partial charge in [-0.3, -0.25) is 10.1 Å². The summed E-state index contributed by atoms with van der Waals surface area (Å²) in [4.78, 5) is 13.3. The Kier molecular flexibility index (Phi) is 3.22. The molecule has 7 nitrogen and oxygen atoms in total. The second-order valence-corrected chi connectivity index (χ2v) is 4.67. The fourth-order valence-corrected chi connectivity index (χ4v) is 1.69. The van der Waals surface area contributed by atoms with Crippen LogP contribution in [0.1, 0.15) is 5.69 Å². The van der Waals surface area contributed by atoms with Crippen molar-refractivity contribution in [1.29, 1.82) is 0 Å². The molecule has 0 saturated carbocycles. The highest BCUT2D eigenvalue weighted by Gasteiger charge is 2.19. The lowest BCUT2D eigenvalue weighted by Crippen LogP contribution is -2.16. The van der Waals surface area contributed by atoms with Gasteiger partial charge in [-0.05, 0) is 6.07 Å². The third-order valence-corrected chi connectivity index (χ3v) is 2.34. The topological polar surface area (TPSA) is 116 Å². The van der Waals surface area contributed by atoms with E-state index in [2.05, 4.69) is 4.98 Å². The molecular formula is C6H6ClN3O4S. The lowest BCUT2D eigenvalue weighted by molar-refractivity contribution is -0.385. The van der Waals surface area contributed by atoms with Crippen LogP contribution in [0.5, 0.6) is 0 Å². The van der Waals surface area contributed by atoms with Gasteiger partial charge in [-0.1, -0.05) is 11.6 Å². The van der Waals surface area contributed by atoms with Gasteiger partial charge in [0.2, 0.25) is 10.0 Å². The molecule has 15 heavy (non-hydrogen) atoms. The summed E-state index contributed by atoms with van der Waals surface area (Å²) in [5.74, 6) is -0.718. The van der Waals surface area contributed by atoms with Crippen LogP contribution in [0.15, 0.2) is 12.1 Å². The number of rotatable bonds is 3. The van der Waals surface area contributed by atoms with E-state index in [1.165, 1.54) is 6.07 Å². The zero-order valence-corrected chi connectivity index (χ0v) is 8.83. The first-order chi connectivity index (χ1) is 6.79. The van der Waals surface area contributed by atoms with Gasteiger partial charge in [-0.25, -0.2) is 18.5 Å². The summed E-state index contributed by atoms with van der Waals surface area (Å²) in [5, 5.41) is 15.2. The van der Waals surface area contributed by atoms with E-state index in [1.807, 2.05) is 0 Å². The molecule has 0 bridgehead atoms. The van der Waals surface area contributed by atoms with Crippen LogP contribution in [0, 0.1) is 10.1 Å². The minimum absolute atomic E-state index is 0.0285. The molecule has 2 N–H and O–H groups in total. The van der Waals surface area contributed by atoms with E-state index in [1.54, 1.807) is 0 Å². The van der Waals surface area contributed by atoms with Crippen molar-refractivity contribution in [2.75, 3.05) is 0 Å². The second-order valence-electron chi connectivity index (χ2n) is 2.66. The van der Waals surface area contributed by atoms with Gasteiger partial charge in [0.05, 0.1) is 4.92 Å². The van der Waals surface area contributed by atoms with E-state index in [0.29, 0.717) is 0 Å². The summed E-state index contributed by atoms with van der Waals surface area (Å²) >= 11 is 5.48. The predicted molar refractivity (Wildman–Crippen MR) is 52.7 cm³/mol. The van der Waals surface area contributed by atoms with Crippen LogP contribution >= 0.6 is 11.6 Å². The smallest absolute Gasteiger partial charge is 0.258 e. The normalized spacial score (nSPS) is 11.3. The summed E-state index contributed by atoms with van der Waals surface area (Å²) < 4.78 is 21.5. The van der Waals surface area contributed by atoms with E-state index in [4.69, 9.17) is 16.7 Å². The van der Waals surface area contributed by atoms with Gasteiger partial charge < -0.3 is 0 Å². The summed E-state index contributed by atoms with van der Waals surface area (Å²) in [6.07, 6.45) is 0. The van der Waals surface area contributed by atoms with E-state index < -0.39 is 26.4 Å². The van der Waals surface area contributed by atoms with Gasteiger partial charge >= 0.3 is 0 Å². The lowest BCUT2D eigenvalue weighted by atomic mass is 10.3. The quantitative estimate of drug-likeness (QED) is 0.475. The number of sulfonamides is 1. The number of aromatic nitrogens is 1. The van der Waals surface area contributed by atoms with Crippen molar-refractivity contribution >= 4 is 27.3 Å². The monoisotopic (exact) mass is 251 g/mol. The molecule has 82 valence electrons. The Morgan fingerprint density at radius 3 is 2.60 bits per heavy atom. The molecule has 0 radical (unpaired) electrons. The second kappa shape index (κ2) is 4.09. The fourth-order valence-electron chi connectivity index (χ4n) is 0.930. The third-order valence-electron chi connectivity index (χ3n) is 1.45. The third kappa shape index (κ3) is 3.42. The zero-order valence-electron chi connectivity index (χ0n) is 7.25. The first kappa shape index (κ1) is 11.8. The molecule has 0 saturated heterocycles. The van der Waals surface area contributed by atoms with Crippen molar-refractivity contribution < 1.29 is 13.3 Å². The average molecular weight is 252 g/mol. The number of hydrogen-bond acceptors (Lipinski definition) is 5. The Morgan fingerprint density at radius 2 is 2.13 bits per heavy atom. The van der Waals surface area contributed by atoms with Gasteiger partial charge in [0.1, 0.15) is 16.6 Å². The molecule has 0 amide bonds. The van der Waals surface area contributed by atoms with E-state index in [0.717, 1.165) is 6.07 Å². The molecular weight excluding hydrogens is 246 g/mol. The van der Waals surface area contributed by atoms with Gasteiger partial charge in [0, 0.05) is 6.07 Å². The molecule has 0 aliphatic carbocycles. The fraction of sp³-hybridized carbons (Fsp3) is 0.167. The highest BCUT2D eigenvalue weighted by Crippen LogP contribution is 2.20. The molecule has 0 aromatic carbocycles. The standard InChI is InChI=1S/C6H6ClN3O4S/c7-6-2-1-5(10(11)12)4(9-6)3-15(8,13)14/h1-2H,3H2,(H2,8,13,14). The predicted octanol–water partition coefficient (Wildman–Crippen LogP) is 0.432. The van der Waals surface area contributed by atoms with Gasteiger partial charge in [0.15, 0.2) is 0 Å². The van der Waals surface area contributed by atoms with Crippen LogP contribution in [0.25, 0.3) is 0 Å². The molecule has 1 rings (SSSR count). The molecule has 0 aliphatic heterocycles. The van der Waals surface area contributed by atoms with Crippen LogP contribution in [0.4, 0.5) is 5.69 Å². The van der Waals surface area contributed by atoms with E-state index in [9.17, 15) is 18.5 Å². The van der Waals surface area contributed by atoms with Crippen LogP contribution in [-0.2, 0) is 15.8 Å². The zero-order chi connectivity index (χ0) is 11.6. The van der Waals surface area contributed by atoms with E-state index in [-0.39, 0.29) is 10.8 Å². The molecule has 1 heterocycles. The van der Waals surface area contributed by atoms with Crippen molar-refractivity contribution in [1.82, 2.24) is 4.98 Å². The molecule has 0 fully saturated rings. The van der Waals surface area contributed by atoms with Gasteiger partial charge in [0.25, 0.3) is 5.69 Å². The number of nitrogens with zero attached hydrogens (tertiary/aromatic N) is 2. The molecule has 1 aromatic heterocycles. The van der Waals surface area contributed by atoms with Crippen LogP contribution < -0.4 is 5.14 Å². The highest BCUT2D eigenvalue weighted by molar-refractivity contribution is 7.88. The molecule has 0 atom stereocenters. The van der Waals surface area contributed by atoms with Crippen molar-refractivity contribution in [2.24, 2.45) is 5.14 Å². The minimum Gasteiger partial charge on any atom is -0.258 e. The summed E-state index contributed by atoms with van der Waals surface area (Å²) in [6, 6.07) is 2.28. The average Bonchev–Trinajstić information content (AvgIpc) is 1.99. The number of nitrogens with two attached hydrogens (primary N) is 1. The maximum atomic E-state index is 10.8. The molecule has 0 spiro atoms. The highest BCUT2D eigenvalue weighted by atomic mass is 35.5.